The molecule has 0 aliphatic carbocycles. The monoisotopic (exact) mass is 394 g/mol. The van der Waals surface area contributed by atoms with Gasteiger partial charge in [0.1, 0.15) is 16.9 Å². The highest BCUT2D eigenvalue weighted by Crippen LogP contribution is 2.27. The minimum absolute atomic E-state index is 0.0410. The van der Waals surface area contributed by atoms with Crippen molar-refractivity contribution in [1.29, 1.82) is 0 Å². The van der Waals surface area contributed by atoms with Gasteiger partial charge >= 0.3 is 0 Å². The molecule has 0 saturated carbocycles. The van der Waals surface area contributed by atoms with E-state index in [1.165, 1.54) is 10.6 Å². The molecule has 27 heavy (non-hydrogen) atoms. The van der Waals surface area contributed by atoms with Crippen molar-refractivity contribution in [3.05, 3.63) is 46.2 Å². The van der Waals surface area contributed by atoms with E-state index in [4.69, 9.17) is 16.3 Å². The highest BCUT2D eigenvalue weighted by Gasteiger charge is 2.22. The van der Waals surface area contributed by atoms with Gasteiger partial charge in [0, 0.05) is 13.3 Å². The summed E-state index contributed by atoms with van der Waals surface area (Å²) in [5.74, 6) is -0.219. The number of rotatable bonds is 9. The lowest BCUT2D eigenvalue weighted by molar-refractivity contribution is -0.126. The van der Waals surface area contributed by atoms with Crippen LogP contribution < -0.4 is 0 Å². The summed E-state index contributed by atoms with van der Waals surface area (Å²) < 4.78 is 5.78. The van der Waals surface area contributed by atoms with E-state index in [1.807, 2.05) is 31.2 Å². The van der Waals surface area contributed by atoms with Crippen LogP contribution in [0, 0.1) is 0 Å². The van der Waals surface area contributed by atoms with Gasteiger partial charge < -0.3 is 9.84 Å². The van der Waals surface area contributed by atoms with Gasteiger partial charge in [-0.05, 0) is 29.9 Å². The largest absolute Gasteiger partial charge is 0.486 e. The Kier molecular flexibility index (Phi) is 9.00. The van der Waals surface area contributed by atoms with Gasteiger partial charge in [0.2, 0.25) is 0 Å². The maximum Gasteiger partial charge on any atom is 0.288 e. The molecule has 1 aromatic carbocycles. The molecule has 1 unspecified atom stereocenters. The SMILES string of the molecule is C=NN(CCCC)C(=O)/C(Cl)=C(\C)OC(CO)c1ccc(C(C)(C)C)cc1. The molecule has 1 aromatic rings. The number of unbranched alkanes of at least 4 members (excludes halogenated alkanes) is 1. The Morgan fingerprint density at radius 2 is 1.93 bits per heavy atom. The first-order chi connectivity index (χ1) is 12.6. The molecule has 0 aromatic heterocycles. The van der Waals surface area contributed by atoms with Gasteiger partial charge in [0.25, 0.3) is 5.91 Å². The molecule has 0 bridgehead atoms. The van der Waals surface area contributed by atoms with Crippen LogP contribution in [0.3, 0.4) is 0 Å². The molecule has 1 N–H and O–H groups in total. The van der Waals surface area contributed by atoms with Crippen molar-refractivity contribution in [2.75, 3.05) is 13.2 Å². The van der Waals surface area contributed by atoms with Crippen molar-refractivity contribution >= 4 is 24.2 Å². The quantitative estimate of drug-likeness (QED) is 0.284. The van der Waals surface area contributed by atoms with Crippen LogP contribution in [0.25, 0.3) is 0 Å². The number of hydrazone groups is 1. The van der Waals surface area contributed by atoms with Crippen molar-refractivity contribution < 1.29 is 14.6 Å². The zero-order chi connectivity index (χ0) is 20.6. The smallest absolute Gasteiger partial charge is 0.288 e. The Morgan fingerprint density at radius 3 is 2.37 bits per heavy atom. The number of carbonyl (C=O) groups is 1. The van der Waals surface area contributed by atoms with E-state index in [1.54, 1.807) is 6.92 Å². The Balaban J connectivity index is 2.95. The molecule has 0 spiro atoms. The number of benzene rings is 1. The third kappa shape index (κ3) is 6.67. The van der Waals surface area contributed by atoms with Crippen LogP contribution >= 0.6 is 11.6 Å². The minimum Gasteiger partial charge on any atom is -0.486 e. The summed E-state index contributed by atoms with van der Waals surface area (Å²) in [4.78, 5) is 12.4. The summed E-state index contributed by atoms with van der Waals surface area (Å²) in [6, 6.07) is 7.87. The summed E-state index contributed by atoms with van der Waals surface area (Å²) in [7, 11) is 0. The van der Waals surface area contributed by atoms with E-state index in [-0.39, 0.29) is 22.8 Å². The molecule has 0 radical (unpaired) electrons. The van der Waals surface area contributed by atoms with Crippen molar-refractivity contribution in [3.8, 4) is 0 Å². The molecule has 6 heteroatoms. The van der Waals surface area contributed by atoms with E-state index < -0.39 is 12.0 Å². The Morgan fingerprint density at radius 1 is 1.33 bits per heavy atom. The Bertz CT molecular complexity index is 663. The molecule has 0 saturated heterocycles. The molecule has 0 aliphatic rings. The number of ether oxygens (including phenoxy) is 1. The molecular formula is C21H31ClN2O3. The number of hydrogen-bond acceptors (Lipinski definition) is 4. The van der Waals surface area contributed by atoms with E-state index >= 15 is 0 Å². The van der Waals surface area contributed by atoms with E-state index in [0.717, 1.165) is 18.4 Å². The lowest BCUT2D eigenvalue weighted by Crippen LogP contribution is -2.27. The van der Waals surface area contributed by atoms with Crippen LogP contribution in [-0.2, 0) is 14.9 Å². The molecule has 5 nitrogen and oxygen atoms in total. The highest BCUT2D eigenvalue weighted by atomic mass is 35.5. The van der Waals surface area contributed by atoms with Crippen LogP contribution in [0.1, 0.15) is 64.7 Å². The number of aliphatic hydroxyl groups is 1. The second-order valence-electron chi connectivity index (χ2n) is 7.45. The number of carbonyl (C=O) groups excluding carboxylic acids is 1. The number of aliphatic hydroxyl groups excluding tert-OH is 1. The first-order valence-corrected chi connectivity index (χ1v) is 9.56. The lowest BCUT2D eigenvalue weighted by Gasteiger charge is -2.22. The van der Waals surface area contributed by atoms with Crippen LogP contribution in [-0.4, -0.2) is 35.9 Å². The molecule has 150 valence electrons. The van der Waals surface area contributed by atoms with Gasteiger partial charge in [-0.1, -0.05) is 70.0 Å². The van der Waals surface area contributed by atoms with Gasteiger partial charge in [0.05, 0.1) is 6.61 Å². The number of hydrogen-bond donors (Lipinski definition) is 1. The summed E-state index contributed by atoms with van der Waals surface area (Å²) in [6.45, 7) is 13.7. The van der Waals surface area contributed by atoms with E-state index in [2.05, 4.69) is 32.6 Å². The molecule has 0 fully saturated rings. The van der Waals surface area contributed by atoms with Crippen molar-refractivity contribution in [2.45, 2.75) is 59.0 Å². The molecular weight excluding hydrogens is 364 g/mol. The van der Waals surface area contributed by atoms with Gasteiger partial charge in [0.15, 0.2) is 0 Å². The molecule has 1 atom stereocenters. The zero-order valence-electron chi connectivity index (χ0n) is 17.0. The summed E-state index contributed by atoms with van der Waals surface area (Å²) in [5.41, 5.74) is 2.04. The Labute approximate surface area is 167 Å². The van der Waals surface area contributed by atoms with Crippen molar-refractivity contribution in [1.82, 2.24) is 5.01 Å². The third-order valence-corrected chi connectivity index (χ3v) is 4.69. The van der Waals surface area contributed by atoms with E-state index in [9.17, 15) is 9.90 Å². The molecule has 0 aliphatic heterocycles. The minimum atomic E-state index is -0.610. The van der Waals surface area contributed by atoms with Gasteiger partial charge in [-0.2, -0.15) is 5.10 Å². The van der Waals surface area contributed by atoms with Crippen molar-refractivity contribution in [3.63, 3.8) is 0 Å². The maximum atomic E-state index is 12.4. The Hall–Kier alpha value is -1.85. The fraction of sp³-hybridized carbons (Fsp3) is 0.524. The second kappa shape index (κ2) is 10.5. The third-order valence-electron chi connectivity index (χ3n) is 4.26. The van der Waals surface area contributed by atoms with Crippen LogP contribution in [0.4, 0.5) is 0 Å². The molecule has 0 heterocycles. The van der Waals surface area contributed by atoms with Crippen LogP contribution in [0.15, 0.2) is 40.2 Å². The first kappa shape index (κ1) is 23.2. The molecule has 1 amide bonds. The van der Waals surface area contributed by atoms with E-state index in [0.29, 0.717) is 6.54 Å². The van der Waals surface area contributed by atoms with Gasteiger partial charge in [-0.3, -0.25) is 4.79 Å². The second-order valence-corrected chi connectivity index (χ2v) is 7.83. The predicted molar refractivity (Wildman–Crippen MR) is 111 cm³/mol. The van der Waals surface area contributed by atoms with Crippen LogP contribution in [0.5, 0.6) is 0 Å². The standard InChI is InChI=1S/C21H31ClN2O3/c1-7-8-13-24(23-6)20(26)19(22)15(2)27-18(14-25)16-9-11-17(12-10-16)21(3,4)5/h9-12,18,25H,6-8,13-14H2,1-5H3/b19-15-. The average Bonchev–Trinajstić information content (AvgIpc) is 2.65. The van der Waals surface area contributed by atoms with Gasteiger partial charge in [-0.25, -0.2) is 5.01 Å². The summed E-state index contributed by atoms with van der Waals surface area (Å²) >= 11 is 6.20. The fourth-order valence-corrected chi connectivity index (χ4v) is 2.62. The van der Waals surface area contributed by atoms with Crippen LogP contribution in [0.2, 0.25) is 0 Å². The fourth-order valence-electron chi connectivity index (χ4n) is 2.48. The summed E-state index contributed by atoms with van der Waals surface area (Å²) in [5, 5.41) is 14.6. The number of halogens is 1. The zero-order valence-corrected chi connectivity index (χ0v) is 17.7. The average molecular weight is 395 g/mol. The lowest BCUT2D eigenvalue weighted by atomic mass is 9.86. The number of amides is 1. The highest BCUT2D eigenvalue weighted by molar-refractivity contribution is 6.42. The molecule has 1 rings (SSSR count). The predicted octanol–water partition coefficient (Wildman–Crippen LogP) is 4.75. The summed E-state index contributed by atoms with van der Waals surface area (Å²) in [6.07, 6.45) is 1.11. The number of allylic oxidation sites excluding steroid dienone is 1. The number of nitrogens with zero attached hydrogens (tertiary/aromatic N) is 2. The van der Waals surface area contributed by atoms with Crippen molar-refractivity contribution in [2.24, 2.45) is 5.10 Å². The topological polar surface area (TPSA) is 62.1 Å². The van der Waals surface area contributed by atoms with Gasteiger partial charge in [-0.15, -0.1) is 0 Å². The normalized spacial score (nSPS) is 13.6. The maximum absolute atomic E-state index is 12.4. The first-order valence-electron chi connectivity index (χ1n) is 9.18.